The van der Waals surface area contributed by atoms with Gasteiger partial charge in [0.25, 0.3) is 0 Å². The van der Waals surface area contributed by atoms with Gasteiger partial charge in [0.2, 0.25) is 11.8 Å². The molecule has 2 N–H and O–H groups in total. The first-order valence-corrected chi connectivity index (χ1v) is 6.47. The van der Waals surface area contributed by atoms with Crippen molar-refractivity contribution in [3.63, 3.8) is 0 Å². The van der Waals surface area contributed by atoms with Crippen molar-refractivity contribution in [1.82, 2.24) is 4.90 Å². The molecule has 0 aliphatic heterocycles. The van der Waals surface area contributed by atoms with Crippen LogP contribution in [0.25, 0.3) is 0 Å². The third-order valence-electron chi connectivity index (χ3n) is 2.52. The monoisotopic (exact) mass is 278 g/mol. The van der Waals surface area contributed by atoms with Gasteiger partial charge in [0.05, 0.1) is 13.0 Å². The molecule has 0 saturated carbocycles. The lowest BCUT2D eigenvalue weighted by Gasteiger charge is -2.21. The molecule has 0 fully saturated rings. The fourth-order valence-electron chi connectivity index (χ4n) is 1.66. The van der Waals surface area contributed by atoms with Gasteiger partial charge in [0.15, 0.2) is 0 Å². The van der Waals surface area contributed by atoms with E-state index >= 15 is 0 Å². The average molecular weight is 278 g/mol. The zero-order chi connectivity index (χ0) is 15.3. The maximum Gasteiger partial charge on any atom is 0.237 e. The van der Waals surface area contributed by atoms with Crippen LogP contribution in [0.2, 0.25) is 0 Å². The van der Waals surface area contributed by atoms with Crippen LogP contribution in [0.5, 0.6) is 5.75 Å². The number of primary amides is 1. The Bertz CT molecular complexity index is 475. The minimum atomic E-state index is -0.519. The van der Waals surface area contributed by atoms with E-state index in [1.165, 1.54) is 4.90 Å². The first-order valence-electron chi connectivity index (χ1n) is 6.47. The summed E-state index contributed by atoms with van der Waals surface area (Å²) in [7, 11) is 1.56. The standard InChI is InChI=1S/C15H22N2O3/c1-15(2,3)20-12-7-5-11(6-8-12)9-14(19)17(4)10-13(16)18/h5-8H,9-10H2,1-4H3,(H2,16,18). The van der Waals surface area contributed by atoms with E-state index < -0.39 is 5.91 Å². The van der Waals surface area contributed by atoms with Crippen LogP contribution >= 0.6 is 0 Å². The van der Waals surface area contributed by atoms with Crippen molar-refractivity contribution in [2.24, 2.45) is 5.73 Å². The number of amides is 2. The zero-order valence-electron chi connectivity index (χ0n) is 12.5. The Kier molecular flexibility index (Phi) is 5.13. The van der Waals surface area contributed by atoms with Crippen molar-refractivity contribution < 1.29 is 14.3 Å². The second-order valence-corrected chi connectivity index (χ2v) is 5.75. The molecule has 0 aliphatic carbocycles. The summed E-state index contributed by atoms with van der Waals surface area (Å²) in [5.74, 6) is 0.0993. The second kappa shape index (κ2) is 6.41. The van der Waals surface area contributed by atoms with Gasteiger partial charge in [-0.25, -0.2) is 0 Å². The number of hydrogen-bond donors (Lipinski definition) is 1. The van der Waals surface area contributed by atoms with Gasteiger partial charge in [-0.15, -0.1) is 0 Å². The number of nitrogens with two attached hydrogens (primary N) is 1. The first kappa shape index (κ1) is 16.0. The highest BCUT2D eigenvalue weighted by atomic mass is 16.5. The second-order valence-electron chi connectivity index (χ2n) is 5.75. The fourth-order valence-corrected chi connectivity index (χ4v) is 1.66. The molecule has 20 heavy (non-hydrogen) atoms. The van der Waals surface area contributed by atoms with Crippen molar-refractivity contribution >= 4 is 11.8 Å². The molecular weight excluding hydrogens is 256 g/mol. The fraction of sp³-hybridized carbons (Fsp3) is 0.467. The molecule has 110 valence electrons. The van der Waals surface area contributed by atoms with Crippen LogP contribution in [-0.4, -0.2) is 35.9 Å². The molecule has 0 heterocycles. The Labute approximate surface area is 119 Å². The third-order valence-corrected chi connectivity index (χ3v) is 2.52. The van der Waals surface area contributed by atoms with Crippen LogP contribution in [0.4, 0.5) is 0 Å². The number of benzene rings is 1. The minimum absolute atomic E-state index is 0.0654. The van der Waals surface area contributed by atoms with Crippen LogP contribution in [0.3, 0.4) is 0 Å². The molecule has 0 unspecified atom stereocenters. The molecule has 1 rings (SSSR count). The lowest BCUT2D eigenvalue weighted by molar-refractivity contribution is -0.133. The molecule has 1 aromatic carbocycles. The molecule has 1 aromatic rings. The number of likely N-dealkylation sites (N-methyl/N-ethyl adjacent to an activating group) is 1. The van der Waals surface area contributed by atoms with Crippen molar-refractivity contribution in [2.75, 3.05) is 13.6 Å². The molecule has 2 amide bonds. The summed E-state index contributed by atoms with van der Waals surface area (Å²) in [6.45, 7) is 5.86. The van der Waals surface area contributed by atoms with Crippen LogP contribution in [-0.2, 0) is 16.0 Å². The highest BCUT2D eigenvalue weighted by molar-refractivity contribution is 5.84. The summed E-state index contributed by atoms with van der Waals surface area (Å²) in [6.07, 6.45) is 0.236. The predicted molar refractivity (Wildman–Crippen MR) is 77.4 cm³/mol. The normalized spacial score (nSPS) is 11.0. The van der Waals surface area contributed by atoms with Crippen LogP contribution in [0, 0.1) is 0 Å². The smallest absolute Gasteiger partial charge is 0.237 e. The van der Waals surface area contributed by atoms with Gasteiger partial charge in [0, 0.05) is 7.05 Å². The topological polar surface area (TPSA) is 72.6 Å². The first-order chi connectivity index (χ1) is 9.17. The molecule has 0 spiro atoms. The highest BCUT2D eigenvalue weighted by Gasteiger charge is 2.13. The predicted octanol–water partition coefficient (Wildman–Crippen LogP) is 1.35. The summed E-state index contributed by atoms with van der Waals surface area (Å²) in [4.78, 5) is 23.9. The number of ether oxygens (including phenoxy) is 1. The molecule has 0 aromatic heterocycles. The summed E-state index contributed by atoms with van der Waals surface area (Å²) < 4.78 is 5.71. The van der Waals surface area contributed by atoms with Gasteiger partial charge < -0.3 is 15.4 Å². The van der Waals surface area contributed by atoms with Crippen molar-refractivity contribution in [1.29, 1.82) is 0 Å². The summed E-state index contributed by atoms with van der Waals surface area (Å²) in [5, 5.41) is 0. The van der Waals surface area contributed by atoms with Crippen molar-refractivity contribution in [2.45, 2.75) is 32.8 Å². The van der Waals surface area contributed by atoms with E-state index in [1.807, 2.05) is 45.0 Å². The van der Waals surface area contributed by atoms with E-state index in [9.17, 15) is 9.59 Å². The van der Waals surface area contributed by atoms with Crippen molar-refractivity contribution in [3.05, 3.63) is 29.8 Å². The maximum atomic E-state index is 11.8. The molecule has 0 atom stereocenters. The summed E-state index contributed by atoms with van der Waals surface area (Å²) in [5.41, 5.74) is 5.67. The van der Waals surface area contributed by atoms with E-state index in [2.05, 4.69) is 0 Å². The SMILES string of the molecule is CN(CC(N)=O)C(=O)Cc1ccc(OC(C)(C)C)cc1. The minimum Gasteiger partial charge on any atom is -0.488 e. The van der Waals surface area contributed by atoms with Crippen molar-refractivity contribution in [3.8, 4) is 5.75 Å². The van der Waals surface area contributed by atoms with Gasteiger partial charge in [-0.2, -0.15) is 0 Å². The molecule has 0 bridgehead atoms. The van der Waals surface area contributed by atoms with Gasteiger partial charge in [0.1, 0.15) is 11.4 Å². The zero-order valence-corrected chi connectivity index (χ0v) is 12.5. The number of nitrogens with zero attached hydrogens (tertiary/aromatic N) is 1. The highest BCUT2D eigenvalue weighted by Crippen LogP contribution is 2.18. The Balaban J connectivity index is 2.61. The van der Waals surface area contributed by atoms with Gasteiger partial charge in [-0.05, 0) is 38.5 Å². The van der Waals surface area contributed by atoms with Gasteiger partial charge >= 0.3 is 0 Å². The number of carbonyl (C=O) groups excluding carboxylic acids is 2. The van der Waals surface area contributed by atoms with Crippen LogP contribution < -0.4 is 10.5 Å². The van der Waals surface area contributed by atoms with Crippen LogP contribution in [0.15, 0.2) is 24.3 Å². The van der Waals surface area contributed by atoms with E-state index in [0.717, 1.165) is 11.3 Å². The number of hydrogen-bond acceptors (Lipinski definition) is 3. The Hall–Kier alpha value is -2.04. The Morgan fingerprint density at radius 2 is 1.75 bits per heavy atom. The maximum absolute atomic E-state index is 11.8. The molecule has 0 aliphatic rings. The Morgan fingerprint density at radius 3 is 2.20 bits per heavy atom. The molecular formula is C15H22N2O3. The average Bonchev–Trinajstić information content (AvgIpc) is 2.28. The largest absolute Gasteiger partial charge is 0.488 e. The van der Waals surface area contributed by atoms with E-state index in [1.54, 1.807) is 7.05 Å². The number of carbonyl (C=O) groups is 2. The van der Waals surface area contributed by atoms with E-state index in [0.29, 0.717) is 0 Å². The summed E-state index contributed by atoms with van der Waals surface area (Å²) in [6, 6.07) is 7.36. The molecule has 0 radical (unpaired) electrons. The Morgan fingerprint density at radius 1 is 1.20 bits per heavy atom. The van der Waals surface area contributed by atoms with E-state index in [-0.39, 0.29) is 24.5 Å². The quantitative estimate of drug-likeness (QED) is 0.883. The van der Waals surface area contributed by atoms with Gasteiger partial charge in [-0.1, -0.05) is 12.1 Å². The summed E-state index contributed by atoms with van der Waals surface area (Å²) >= 11 is 0. The molecule has 5 nitrogen and oxygen atoms in total. The lowest BCUT2D eigenvalue weighted by Crippen LogP contribution is -2.36. The lowest BCUT2D eigenvalue weighted by atomic mass is 10.1. The van der Waals surface area contributed by atoms with E-state index in [4.69, 9.17) is 10.5 Å². The molecule has 0 saturated heterocycles. The van der Waals surface area contributed by atoms with Crippen LogP contribution in [0.1, 0.15) is 26.3 Å². The van der Waals surface area contributed by atoms with Gasteiger partial charge in [-0.3, -0.25) is 9.59 Å². The molecule has 5 heteroatoms. The number of rotatable bonds is 5. The third kappa shape index (κ3) is 5.73.